The highest BCUT2D eigenvalue weighted by atomic mass is 35.5. The van der Waals surface area contributed by atoms with E-state index in [4.69, 9.17) is 25.5 Å². The SMILES string of the molecule is CCn1c(SCc2nnc(-c3ccccc3Cl)o2)nnc1-c1cc(OC)cc(OC)c1. The van der Waals surface area contributed by atoms with E-state index < -0.39 is 0 Å². The first kappa shape index (κ1) is 21.2. The maximum Gasteiger partial charge on any atom is 0.249 e. The molecule has 0 N–H and O–H groups in total. The van der Waals surface area contributed by atoms with Crippen molar-refractivity contribution in [2.75, 3.05) is 14.2 Å². The fourth-order valence-corrected chi connectivity index (χ4v) is 4.07. The van der Waals surface area contributed by atoms with Gasteiger partial charge < -0.3 is 18.5 Å². The summed E-state index contributed by atoms with van der Waals surface area (Å²) in [6, 6.07) is 13.0. The summed E-state index contributed by atoms with van der Waals surface area (Å²) in [6.45, 7) is 2.73. The number of thioether (sulfide) groups is 1. The number of nitrogens with zero attached hydrogens (tertiary/aromatic N) is 5. The Kier molecular flexibility index (Phi) is 6.43. The van der Waals surface area contributed by atoms with Crippen molar-refractivity contribution in [3.8, 4) is 34.3 Å². The summed E-state index contributed by atoms with van der Waals surface area (Å²) >= 11 is 7.68. The number of hydrogen-bond acceptors (Lipinski definition) is 8. The second-order valence-corrected chi connectivity index (χ2v) is 7.77. The molecule has 31 heavy (non-hydrogen) atoms. The molecule has 4 rings (SSSR count). The number of methoxy groups -OCH3 is 2. The van der Waals surface area contributed by atoms with Crippen LogP contribution < -0.4 is 9.47 Å². The van der Waals surface area contributed by atoms with Gasteiger partial charge in [-0.1, -0.05) is 35.5 Å². The van der Waals surface area contributed by atoms with Gasteiger partial charge in [-0.25, -0.2) is 0 Å². The van der Waals surface area contributed by atoms with Crippen molar-refractivity contribution in [1.82, 2.24) is 25.0 Å². The minimum atomic E-state index is 0.391. The number of benzene rings is 2. The van der Waals surface area contributed by atoms with Gasteiger partial charge in [0, 0.05) is 18.2 Å². The highest BCUT2D eigenvalue weighted by Gasteiger charge is 2.17. The summed E-state index contributed by atoms with van der Waals surface area (Å²) < 4.78 is 18.5. The fourth-order valence-electron chi connectivity index (χ4n) is 3.01. The topological polar surface area (TPSA) is 88.1 Å². The lowest BCUT2D eigenvalue weighted by atomic mass is 10.2. The first-order valence-corrected chi connectivity index (χ1v) is 10.9. The largest absolute Gasteiger partial charge is 0.497 e. The van der Waals surface area contributed by atoms with Crippen LogP contribution in [0.1, 0.15) is 12.8 Å². The molecule has 8 nitrogen and oxygen atoms in total. The minimum absolute atomic E-state index is 0.391. The highest BCUT2D eigenvalue weighted by Crippen LogP contribution is 2.32. The summed E-state index contributed by atoms with van der Waals surface area (Å²) in [4.78, 5) is 0. The van der Waals surface area contributed by atoms with Crippen LogP contribution in [0.5, 0.6) is 11.5 Å². The Morgan fingerprint density at radius 3 is 2.42 bits per heavy atom. The Balaban J connectivity index is 1.55. The zero-order chi connectivity index (χ0) is 21.8. The summed E-state index contributed by atoms with van der Waals surface area (Å²) in [5, 5.41) is 18.3. The summed E-state index contributed by atoms with van der Waals surface area (Å²) in [7, 11) is 3.23. The minimum Gasteiger partial charge on any atom is -0.497 e. The van der Waals surface area contributed by atoms with Crippen LogP contribution in [0.4, 0.5) is 0 Å². The predicted octanol–water partition coefficient (Wildman–Crippen LogP) is 4.98. The Labute approximate surface area is 188 Å². The van der Waals surface area contributed by atoms with Crippen molar-refractivity contribution < 1.29 is 13.9 Å². The van der Waals surface area contributed by atoms with Crippen LogP contribution in [0.2, 0.25) is 5.02 Å². The van der Waals surface area contributed by atoms with Gasteiger partial charge in [-0.15, -0.1) is 20.4 Å². The van der Waals surface area contributed by atoms with Gasteiger partial charge in [0.05, 0.1) is 30.6 Å². The van der Waals surface area contributed by atoms with Crippen LogP contribution >= 0.6 is 23.4 Å². The van der Waals surface area contributed by atoms with E-state index in [1.54, 1.807) is 20.3 Å². The van der Waals surface area contributed by atoms with Gasteiger partial charge in [-0.2, -0.15) is 0 Å². The smallest absolute Gasteiger partial charge is 0.249 e. The molecule has 0 unspecified atom stereocenters. The normalized spacial score (nSPS) is 11.0. The lowest BCUT2D eigenvalue weighted by Crippen LogP contribution is -2.00. The summed E-state index contributed by atoms with van der Waals surface area (Å²) in [6.07, 6.45) is 0. The van der Waals surface area contributed by atoms with Crippen molar-refractivity contribution in [3.05, 3.63) is 53.4 Å². The quantitative estimate of drug-likeness (QED) is 0.342. The average molecular weight is 458 g/mol. The van der Waals surface area contributed by atoms with Gasteiger partial charge in [-0.05, 0) is 31.2 Å². The number of ether oxygens (including phenoxy) is 2. The van der Waals surface area contributed by atoms with E-state index in [0.717, 1.165) is 16.5 Å². The van der Waals surface area contributed by atoms with Crippen molar-refractivity contribution in [2.45, 2.75) is 24.4 Å². The zero-order valence-corrected chi connectivity index (χ0v) is 18.8. The molecule has 4 aromatic rings. The van der Waals surface area contributed by atoms with Gasteiger partial charge in [0.2, 0.25) is 11.8 Å². The molecule has 10 heteroatoms. The van der Waals surface area contributed by atoms with Crippen molar-refractivity contribution in [1.29, 1.82) is 0 Å². The Bertz CT molecular complexity index is 1170. The summed E-state index contributed by atoms with van der Waals surface area (Å²) in [5.74, 6) is 3.43. The third kappa shape index (κ3) is 4.52. The Hall–Kier alpha value is -3.04. The van der Waals surface area contributed by atoms with Crippen molar-refractivity contribution in [3.63, 3.8) is 0 Å². The summed E-state index contributed by atoms with van der Waals surface area (Å²) in [5.41, 5.74) is 1.56. The molecule has 2 heterocycles. The molecule has 2 aromatic carbocycles. The van der Waals surface area contributed by atoms with Crippen LogP contribution in [0, 0.1) is 0 Å². The third-order valence-corrected chi connectivity index (χ3v) is 5.82. The van der Waals surface area contributed by atoms with Crippen molar-refractivity contribution in [2.24, 2.45) is 0 Å². The molecular formula is C21H20ClN5O3S. The van der Waals surface area contributed by atoms with Crippen molar-refractivity contribution >= 4 is 23.4 Å². The standard InChI is InChI=1S/C21H20ClN5O3S/c1-4-27-19(13-9-14(28-2)11-15(10-13)29-3)24-26-21(27)31-12-18-23-25-20(30-18)16-7-5-6-8-17(16)22/h5-11H,4,12H2,1-3H3. The predicted molar refractivity (Wildman–Crippen MR) is 119 cm³/mol. The Morgan fingerprint density at radius 2 is 1.74 bits per heavy atom. The first-order valence-electron chi connectivity index (χ1n) is 9.49. The Morgan fingerprint density at radius 1 is 1.00 bits per heavy atom. The number of rotatable bonds is 8. The zero-order valence-electron chi connectivity index (χ0n) is 17.2. The van der Waals surface area contributed by atoms with E-state index in [1.807, 2.05) is 47.9 Å². The van der Waals surface area contributed by atoms with Crippen LogP contribution in [0.15, 0.2) is 52.0 Å². The molecule has 2 aromatic heterocycles. The van der Waals surface area contributed by atoms with Gasteiger partial charge in [0.1, 0.15) is 11.5 Å². The molecule has 0 spiro atoms. The van der Waals surface area contributed by atoms with Gasteiger partial charge in [-0.3, -0.25) is 0 Å². The molecule has 0 bridgehead atoms. The molecule has 0 saturated carbocycles. The van der Waals surface area contributed by atoms with Gasteiger partial charge >= 0.3 is 0 Å². The maximum absolute atomic E-state index is 6.21. The lowest BCUT2D eigenvalue weighted by Gasteiger charge is -2.10. The van der Waals surface area contributed by atoms with E-state index >= 15 is 0 Å². The monoisotopic (exact) mass is 457 g/mol. The molecule has 160 valence electrons. The molecule has 0 amide bonds. The molecule has 0 saturated heterocycles. The molecule has 0 aliphatic carbocycles. The molecular weight excluding hydrogens is 438 g/mol. The molecule has 0 atom stereocenters. The fraction of sp³-hybridized carbons (Fsp3) is 0.238. The first-order chi connectivity index (χ1) is 15.1. The van der Waals surface area contributed by atoms with E-state index in [9.17, 15) is 0 Å². The van der Waals surface area contributed by atoms with Crippen LogP contribution in [0.25, 0.3) is 22.8 Å². The van der Waals surface area contributed by atoms with Gasteiger partial charge in [0.15, 0.2) is 11.0 Å². The molecule has 0 radical (unpaired) electrons. The second-order valence-electron chi connectivity index (χ2n) is 6.42. The maximum atomic E-state index is 6.21. The van der Waals surface area contributed by atoms with E-state index in [2.05, 4.69) is 20.4 Å². The lowest BCUT2D eigenvalue weighted by molar-refractivity contribution is 0.394. The van der Waals surface area contributed by atoms with Crippen LogP contribution in [0.3, 0.4) is 0 Å². The van der Waals surface area contributed by atoms with Crippen LogP contribution in [-0.4, -0.2) is 39.2 Å². The third-order valence-electron chi connectivity index (χ3n) is 4.54. The molecule has 0 fully saturated rings. The van der Waals surface area contributed by atoms with E-state index in [-0.39, 0.29) is 0 Å². The highest BCUT2D eigenvalue weighted by molar-refractivity contribution is 7.98. The number of hydrogen-bond donors (Lipinski definition) is 0. The van der Waals surface area contributed by atoms with Crippen LogP contribution in [-0.2, 0) is 12.3 Å². The van der Waals surface area contributed by atoms with Gasteiger partial charge in [0.25, 0.3) is 0 Å². The number of aromatic nitrogens is 5. The molecule has 0 aliphatic heterocycles. The van der Waals surface area contributed by atoms with E-state index in [1.165, 1.54) is 11.8 Å². The molecule has 0 aliphatic rings. The second kappa shape index (κ2) is 9.40. The van der Waals surface area contributed by atoms with E-state index in [0.29, 0.717) is 46.2 Å². The number of halogens is 1. The average Bonchev–Trinajstić information content (AvgIpc) is 3.44.